The van der Waals surface area contributed by atoms with Gasteiger partial charge < -0.3 is 5.32 Å². The smallest absolute Gasteiger partial charge is 0.353 e. The molecule has 0 saturated carbocycles. The summed E-state index contributed by atoms with van der Waals surface area (Å²) in [6, 6.07) is 12.0. The number of halogens is 3. The molecule has 0 aliphatic carbocycles. The number of likely N-dealkylation sites (tertiary alicyclic amines) is 1. The quantitative estimate of drug-likeness (QED) is 0.455. The highest BCUT2D eigenvalue weighted by atomic mass is 32.2. The van der Waals surface area contributed by atoms with Crippen molar-refractivity contribution in [2.45, 2.75) is 44.1 Å². The van der Waals surface area contributed by atoms with E-state index < -0.39 is 47.3 Å². The van der Waals surface area contributed by atoms with Crippen LogP contribution in [-0.4, -0.2) is 80.8 Å². The van der Waals surface area contributed by atoms with Crippen molar-refractivity contribution in [3.8, 4) is 12.3 Å². The van der Waals surface area contributed by atoms with E-state index in [1.165, 1.54) is 10.9 Å². The van der Waals surface area contributed by atoms with Gasteiger partial charge in [0.05, 0.1) is 19.3 Å². The SMILES string of the molecule is C#CCNC(CNC(=O)CN(C1CCN(C(C)c2cccc3ccccc23)CC1)S(C)(=O)=O)C(F)(F)F. The second-order valence-corrected chi connectivity index (χ2v) is 11.2. The number of hydrogen-bond donors (Lipinski definition) is 2. The van der Waals surface area contributed by atoms with E-state index in [4.69, 9.17) is 6.42 Å². The number of carbonyl (C=O) groups excluding carboxylic acids is 1. The fraction of sp³-hybridized carbons (Fsp3) is 0.500. The van der Waals surface area contributed by atoms with Crippen molar-refractivity contribution in [3.63, 3.8) is 0 Å². The van der Waals surface area contributed by atoms with Gasteiger partial charge in [0.25, 0.3) is 0 Å². The van der Waals surface area contributed by atoms with Crippen LogP contribution in [0.5, 0.6) is 0 Å². The molecular weight excluding hydrogens is 505 g/mol. The molecule has 0 bridgehead atoms. The Hall–Kier alpha value is -2.65. The van der Waals surface area contributed by atoms with Gasteiger partial charge in [0, 0.05) is 31.7 Å². The van der Waals surface area contributed by atoms with E-state index in [0.29, 0.717) is 25.9 Å². The maximum atomic E-state index is 13.2. The lowest BCUT2D eigenvalue weighted by Gasteiger charge is -2.40. The number of terminal acetylenes is 1. The van der Waals surface area contributed by atoms with Crippen molar-refractivity contribution < 1.29 is 26.4 Å². The lowest BCUT2D eigenvalue weighted by Crippen LogP contribution is -2.53. The van der Waals surface area contributed by atoms with Gasteiger partial charge in [-0.05, 0) is 36.1 Å². The molecule has 37 heavy (non-hydrogen) atoms. The maximum absolute atomic E-state index is 13.2. The summed E-state index contributed by atoms with van der Waals surface area (Å²) in [5.74, 6) is 1.27. The summed E-state index contributed by atoms with van der Waals surface area (Å²) in [5, 5.41) is 6.66. The minimum atomic E-state index is -4.62. The van der Waals surface area contributed by atoms with Gasteiger partial charge in [-0.1, -0.05) is 48.4 Å². The molecule has 2 N–H and O–H groups in total. The van der Waals surface area contributed by atoms with Gasteiger partial charge in [0.1, 0.15) is 6.04 Å². The van der Waals surface area contributed by atoms with Gasteiger partial charge in [0.15, 0.2) is 0 Å². The summed E-state index contributed by atoms with van der Waals surface area (Å²) >= 11 is 0. The van der Waals surface area contributed by atoms with Crippen LogP contribution in [0.2, 0.25) is 0 Å². The first-order valence-corrected chi connectivity index (χ1v) is 14.0. The van der Waals surface area contributed by atoms with Gasteiger partial charge in [-0.2, -0.15) is 17.5 Å². The molecule has 1 amide bonds. The van der Waals surface area contributed by atoms with Crippen LogP contribution in [-0.2, 0) is 14.8 Å². The summed E-state index contributed by atoms with van der Waals surface area (Å²) in [6.07, 6.45) is 2.42. The van der Waals surface area contributed by atoms with Gasteiger partial charge in [0.2, 0.25) is 15.9 Å². The minimum Gasteiger partial charge on any atom is -0.353 e. The zero-order valence-electron chi connectivity index (χ0n) is 21.0. The van der Waals surface area contributed by atoms with Crippen molar-refractivity contribution in [2.24, 2.45) is 0 Å². The lowest BCUT2D eigenvalue weighted by atomic mass is 9.96. The van der Waals surface area contributed by atoms with E-state index in [2.05, 4.69) is 52.6 Å². The Morgan fingerprint density at radius 2 is 1.84 bits per heavy atom. The lowest BCUT2D eigenvalue weighted by molar-refractivity contribution is -0.155. The average molecular weight is 539 g/mol. The molecule has 11 heteroatoms. The van der Waals surface area contributed by atoms with Crippen molar-refractivity contribution in [1.29, 1.82) is 0 Å². The first kappa shape index (κ1) is 28.9. The van der Waals surface area contributed by atoms with E-state index in [-0.39, 0.29) is 12.6 Å². The van der Waals surface area contributed by atoms with Crippen LogP contribution in [0.3, 0.4) is 0 Å². The molecule has 1 saturated heterocycles. The van der Waals surface area contributed by atoms with Gasteiger partial charge >= 0.3 is 6.18 Å². The molecule has 0 spiro atoms. The highest BCUT2D eigenvalue weighted by Gasteiger charge is 2.39. The molecule has 7 nitrogen and oxygen atoms in total. The normalized spacial score (nSPS) is 17.4. The van der Waals surface area contributed by atoms with E-state index in [9.17, 15) is 26.4 Å². The van der Waals surface area contributed by atoms with Crippen molar-refractivity contribution in [2.75, 3.05) is 39.0 Å². The predicted octanol–water partition coefficient (Wildman–Crippen LogP) is 2.90. The van der Waals surface area contributed by atoms with E-state index in [1.807, 2.05) is 18.2 Å². The van der Waals surface area contributed by atoms with Gasteiger partial charge in [-0.3, -0.25) is 15.0 Å². The summed E-state index contributed by atoms with van der Waals surface area (Å²) < 4.78 is 65.6. The summed E-state index contributed by atoms with van der Waals surface area (Å²) in [7, 11) is -3.77. The fourth-order valence-electron chi connectivity index (χ4n) is 4.79. The molecule has 0 radical (unpaired) electrons. The molecule has 1 aliphatic rings. The van der Waals surface area contributed by atoms with E-state index >= 15 is 0 Å². The zero-order chi connectivity index (χ0) is 27.2. The number of rotatable bonds is 10. The zero-order valence-corrected chi connectivity index (χ0v) is 21.8. The number of nitrogens with one attached hydrogen (secondary N) is 2. The van der Waals surface area contributed by atoms with Crippen molar-refractivity contribution >= 4 is 26.7 Å². The number of carbonyl (C=O) groups is 1. The molecule has 2 atom stereocenters. The standard InChI is InChI=1S/C26H33F3N4O3S/c1-4-14-30-24(26(27,28)29)17-31-25(34)18-33(37(3,35)36)21-12-15-32(16-13-21)19(2)22-11-7-9-20-8-5-6-10-23(20)22/h1,5-11,19,21,24,30H,12-18H2,2-3H3,(H,31,34). The Balaban J connectivity index is 1.62. The summed E-state index contributed by atoms with van der Waals surface area (Å²) in [4.78, 5) is 14.7. The Kier molecular flexibility index (Phi) is 9.58. The molecular formula is C26H33F3N4O3S. The van der Waals surface area contributed by atoms with E-state index in [0.717, 1.165) is 15.9 Å². The third kappa shape index (κ3) is 7.68. The number of fused-ring (bicyclic) bond motifs is 1. The number of hydrogen-bond acceptors (Lipinski definition) is 5. The monoisotopic (exact) mass is 538 g/mol. The first-order chi connectivity index (χ1) is 17.4. The summed E-state index contributed by atoms with van der Waals surface area (Å²) in [6.45, 7) is 1.76. The number of sulfonamides is 1. The van der Waals surface area contributed by atoms with Crippen molar-refractivity contribution in [3.05, 3.63) is 48.0 Å². The number of amides is 1. The molecule has 2 aromatic carbocycles. The molecule has 2 unspecified atom stereocenters. The Morgan fingerprint density at radius 3 is 2.46 bits per heavy atom. The molecule has 1 fully saturated rings. The third-order valence-corrected chi connectivity index (χ3v) is 8.08. The minimum absolute atomic E-state index is 0.108. The maximum Gasteiger partial charge on any atom is 0.405 e. The second kappa shape index (κ2) is 12.3. The molecule has 2 aromatic rings. The molecule has 3 rings (SSSR count). The van der Waals surface area contributed by atoms with Crippen LogP contribution >= 0.6 is 0 Å². The predicted molar refractivity (Wildman–Crippen MR) is 138 cm³/mol. The number of benzene rings is 2. The Morgan fingerprint density at radius 1 is 1.19 bits per heavy atom. The fourth-order valence-corrected chi connectivity index (χ4v) is 5.89. The number of nitrogens with zero attached hydrogens (tertiary/aromatic N) is 2. The van der Waals surface area contributed by atoms with Crippen LogP contribution in [0.25, 0.3) is 10.8 Å². The number of piperidine rings is 1. The number of alkyl halides is 3. The average Bonchev–Trinajstić information content (AvgIpc) is 2.85. The van der Waals surface area contributed by atoms with Crippen LogP contribution in [0.4, 0.5) is 13.2 Å². The molecule has 1 aliphatic heterocycles. The van der Waals surface area contributed by atoms with Crippen molar-refractivity contribution in [1.82, 2.24) is 19.8 Å². The molecule has 0 aromatic heterocycles. The van der Waals surface area contributed by atoms with Crippen LogP contribution < -0.4 is 10.6 Å². The highest BCUT2D eigenvalue weighted by molar-refractivity contribution is 7.88. The highest BCUT2D eigenvalue weighted by Crippen LogP contribution is 2.31. The first-order valence-electron chi connectivity index (χ1n) is 12.1. The summed E-state index contributed by atoms with van der Waals surface area (Å²) in [5.41, 5.74) is 1.19. The largest absolute Gasteiger partial charge is 0.405 e. The third-order valence-electron chi connectivity index (χ3n) is 6.80. The molecule has 202 valence electrons. The Bertz CT molecular complexity index is 1220. The second-order valence-electron chi connectivity index (χ2n) is 9.30. The van der Waals surface area contributed by atoms with Crippen LogP contribution in [0.1, 0.15) is 31.4 Å². The van der Waals surface area contributed by atoms with Gasteiger partial charge in [-0.15, -0.1) is 6.42 Å². The molecule has 1 heterocycles. The Labute approximate surface area is 216 Å². The van der Waals surface area contributed by atoms with Crippen LogP contribution in [0.15, 0.2) is 42.5 Å². The van der Waals surface area contributed by atoms with E-state index in [1.54, 1.807) is 0 Å². The van der Waals surface area contributed by atoms with Gasteiger partial charge in [-0.25, -0.2) is 8.42 Å². The van der Waals surface area contributed by atoms with Crippen LogP contribution in [0, 0.1) is 12.3 Å². The topological polar surface area (TPSA) is 81.8 Å².